The third-order valence-corrected chi connectivity index (χ3v) is 7.01. The van der Waals surface area contributed by atoms with Gasteiger partial charge in [-0.15, -0.1) is 11.3 Å². The number of thiazole rings is 1. The fourth-order valence-electron chi connectivity index (χ4n) is 3.95. The molecule has 0 spiro atoms. The van der Waals surface area contributed by atoms with Crippen LogP contribution in [-0.2, 0) is 18.3 Å². The molecule has 7 nitrogen and oxygen atoms in total. The Morgan fingerprint density at radius 2 is 1.70 bits per heavy atom. The van der Waals surface area contributed by atoms with E-state index in [1.807, 2.05) is 68.0 Å². The molecular formula is C28H29ClN4O3S. The zero-order valence-corrected chi connectivity index (χ0v) is 23.2. The molecule has 0 atom stereocenters. The number of hydrogen-bond donors (Lipinski definition) is 2. The van der Waals surface area contributed by atoms with E-state index in [1.165, 1.54) is 11.3 Å². The third-order valence-electron chi connectivity index (χ3n) is 5.65. The van der Waals surface area contributed by atoms with Crippen molar-refractivity contribution in [2.75, 3.05) is 0 Å². The average molecular weight is 537 g/mol. The van der Waals surface area contributed by atoms with Crippen molar-refractivity contribution >= 4 is 50.2 Å². The van der Waals surface area contributed by atoms with Crippen molar-refractivity contribution < 1.29 is 15.0 Å². The zero-order valence-electron chi connectivity index (χ0n) is 21.6. The van der Waals surface area contributed by atoms with Gasteiger partial charge in [0.1, 0.15) is 16.0 Å². The highest BCUT2D eigenvalue weighted by atomic mass is 35.5. The van der Waals surface area contributed by atoms with E-state index in [2.05, 4.69) is 5.10 Å². The first-order chi connectivity index (χ1) is 17.3. The van der Waals surface area contributed by atoms with E-state index in [-0.39, 0.29) is 6.42 Å². The van der Waals surface area contributed by atoms with Crippen LogP contribution in [0.1, 0.15) is 37.6 Å². The standard InChI is InChI=1S/C24H19ClN4O2S.C4H10O/c1-12-10-19-23(21(16(12)11-20(30)31)14-4-6-15(25)7-5-14)32-24(27-19)18-9-8-17-22(26-18)13(2)29(3)28-17;1-4(2,3)5/h4-10H,11H2,1-3H3,(H,30,31);5H,1-3H3. The van der Waals surface area contributed by atoms with E-state index >= 15 is 0 Å². The quantitative estimate of drug-likeness (QED) is 0.269. The lowest BCUT2D eigenvalue weighted by Crippen LogP contribution is -2.10. The van der Waals surface area contributed by atoms with Gasteiger partial charge in [0.05, 0.1) is 33.6 Å². The summed E-state index contributed by atoms with van der Waals surface area (Å²) in [5.41, 5.74) is 7.27. The number of halogens is 1. The topological polar surface area (TPSA) is 101 Å². The first-order valence-electron chi connectivity index (χ1n) is 11.8. The number of fused-ring (bicyclic) bond motifs is 2. The molecule has 0 unspecified atom stereocenters. The van der Waals surface area contributed by atoms with Crippen LogP contribution in [-0.4, -0.2) is 41.5 Å². The summed E-state index contributed by atoms with van der Waals surface area (Å²) in [6, 6.07) is 13.3. The maximum atomic E-state index is 11.6. The van der Waals surface area contributed by atoms with Gasteiger partial charge in [0.15, 0.2) is 0 Å². The number of nitrogens with zero attached hydrogens (tertiary/aromatic N) is 4. The minimum absolute atomic E-state index is 0.0634. The molecule has 3 heterocycles. The van der Waals surface area contributed by atoms with E-state index < -0.39 is 11.6 Å². The summed E-state index contributed by atoms with van der Waals surface area (Å²) in [5, 5.41) is 23.9. The Kier molecular flexibility index (Phi) is 7.37. The summed E-state index contributed by atoms with van der Waals surface area (Å²) in [7, 11) is 1.90. The van der Waals surface area contributed by atoms with Crippen LogP contribution in [0.3, 0.4) is 0 Å². The van der Waals surface area contributed by atoms with Crippen LogP contribution in [0.25, 0.3) is 43.1 Å². The lowest BCUT2D eigenvalue weighted by Gasteiger charge is -2.13. The van der Waals surface area contributed by atoms with Crippen molar-refractivity contribution in [3.63, 3.8) is 0 Å². The molecular weight excluding hydrogens is 508 g/mol. The normalized spacial score (nSPS) is 11.6. The number of carbonyl (C=O) groups is 1. The number of aliphatic hydroxyl groups is 1. The van der Waals surface area contributed by atoms with Gasteiger partial charge in [-0.1, -0.05) is 23.7 Å². The van der Waals surface area contributed by atoms with Gasteiger partial charge < -0.3 is 10.2 Å². The number of aryl methyl sites for hydroxylation is 3. The molecule has 2 N–H and O–H groups in total. The molecule has 0 saturated heterocycles. The van der Waals surface area contributed by atoms with Gasteiger partial charge in [-0.2, -0.15) is 5.10 Å². The molecule has 2 aromatic carbocycles. The highest BCUT2D eigenvalue weighted by Gasteiger charge is 2.20. The number of carboxylic acid groups (broad SMARTS) is 1. The fraction of sp³-hybridized carbons (Fsp3) is 0.286. The van der Waals surface area contributed by atoms with Gasteiger partial charge >= 0.3 is 5.97 Å². The molecule has 9 heteroatoms. The number of rotatable bonds is 4. The number of pyridine rings is 1. The Hall–Kier alpha value is -3.33. The molecule has 37 heavy (non-hydrogen) atoms. The molecule has 0 amide bonds. The van der Waals surface area contributed by atoms with Crippen LogP contribution in [0.4, 0.5) is 0 Å². The Bertz CT molecular complexity index is 1610. The van der Waals surface area contributed by atoms with Crippen molar-refractivity contribution in [3.05, 3.63) is 64.3 Å². The lowest BCUT2D eigenvalue weighted by atomic mass is 9.93. The second-order valence-corrected chi connectivity index (χ2v) is 11.4. The molecule has 192 valence electrons. The molecule has 0 bridgehead atoms. The van der Waals surface area contributed by atoms with Gasteiger partial charge in [-0.3, -0.25) is 9.48 Å². The van der Waals surface area contributed by atoms with Crippen molar-refractivity contribution in [2.24, 2.45) is 7.05 Å². The average Bonchev–Trinajstić information content (AvgIpc) is 3.34. The van der Waals surface area contributed by atoms with Crippen molar-refractivity contribution in [2.45, 2.75) is 46.6 Å². The van der Waals surface area contributed by atoms with E-state index in [0.29, 0.717) is 5.02 Å². The van der Waals surface area contributed by atoms with Crippen molar-refractivity contribution in [1.82, 2.24) is 19.7 Å². The highest BCUT2D eigenvalue weighted by Crippen LogP contribution is 2.41. The maximum Gasteiger partial charge on any atom is 0.307 e. The maximum absolute atomic E-state index is 11.6. The van der Waals surface area contributed by atoms with Gasteiger partial charge in [0.2, 0.25) is 0 Å². The largest absolute Gasteiger partial charge is 0.481 e. The van der Waals surface area contributed by atoms with Crippen LogP contribution >= 0.6 is 22.9 Å². The van der Waals surface area contributed by atoms with Gasteiger partial charge in [0.25, 0.3) is 0 Å². The molecule has 0 fully saturated rings. The second kappa shape index (κ2) is 10.2. The lowest BCUT2D eigenvalue weighted by molar-refractivity contribution is -0.136. The second-order valence-electron chi connectivity index (χ2n) is 9.94. The SMILES string of the molecule is CC(C)(C)O.Cc1cc2nc(-c3ccc4nn(C)c(C)c4n3)sc2c(-c2ccc(Cl)cc2)c1CC(=O)O. The number of aromatic nitrogens is 4. The molecule has 0 aliphatic rings. The summed E-state index contributed by atoms with van der Waals surface area (Å²) < 4.78 is 2.76. The minimum atomic E-state index is -0.869. The minimum Gasteiger partial charge on any atom is -0.481 e. The molecule has 5 aromatic rings. The molecule has 0 aliphatic carbocycles. The number of hydrogen-bond acceptors (Lipinski definition) is 6. The molecule has 0 saturated carbocycles. The van der Waals surface area contributed by atoms with Gasteiger partial charge in [0, 0.05) is 17.6 Å². The summed E-state index contributed by atoms with van der Waals surface area (Å²) >= 11 is 7.62. The van der Waals surface area contributed by atoms with Crippen LogP contribution in [0.2, 0.25) is 5.02 Å². The molecule has 0 radical (unpaired) electrons. The first-order valence-corrected chi connectivity index (χ1v) is 12.9. The van der Waals surface area contributed by atoms with Gasteiger partial charge in [-0.05, 0) is 81.6 Å². The van der Waals surface area contributed by atoms with E-state index in [1.54, 1.807) is 20.8 Å². The van der Waals surface area contributed by atoms with Crippen LogP contribution in [0.15, 0.2) is 42.5 Å². The summed E-state index contributed by atoms with van der Waals surface area (Å²) in [6.45, 7) is 9.15. The Balaban J connectivity index is 0.000000586. The molecule has 3 aromatic heterocycles. The summed E-state index contributed by atoms with van der Waals surface area (Å²) in [5.74, 6) is -0.869. The third kappa shape index (κ3) is 5.98. The number of aliphatic carboxylic acids is 1. The predicted octanol–water partition coefficient (Wildman–Crippen LogP) is 6.59. The van der Waals surface area contributed by atoms with E-state index in [9.17, 15) is 9.90 Å². The highest BCUT2D eigenvalue weighted by molar-refractivity contribution is 7.22. The Morgan fingerprint density at radius 3 is 2.32 bits per heavy atom. The summed E-state index contributed by atoms with van der Waals surface area (Å²) in [4.78, 5) is 21.3. The van der Waals surface area contributed by atoms with Crippen LogP contribution in [0.5, 0.6) is 0 Å². The Morgan fingerprint density at radius 1 is 1.05 bits per heavy atom. The smallest absolute Gasteiger partial charge is 0.307 e. The molecule has 0 aliphatic heterocycles. The predicted molar refractivity (Wildman–Crippen MR) is 150 cm³/mol. The first kappa shape index (κ1) is 26.7. The monoisotopic (exact) mass is 536 g/mol. The van der Waals surface area contributed by atoms with E-state index in [4.69, 9.17) is 26.7 Å². The van der Waals surface area contributed by atoms with Crippen molar-refractivity contribution in [1.29, 1.82) is 0 Å². The number of benzene rings is 2. The van der Waals surface area contributed by atoms with Crippen LogP contribution in [0, 0.1) is 13.8 Å². The zero-order chi connectivity index (χ0) is 27.1. The van der Waals surface area contributed by atoms with Crippen molar-refractivity contribution in [3.8, 4) is 21.8 Å². The fourth-order valence-corrected chi connectivity index (χ4v) is 5.19. The molecule has 5 rings (SSSR count). The van der Waals surface area contributed by atoms with Crippen LogP contribution < -0.4 is 0 Å². The Labute approximate surface area is 224 Å². The van der Waals surface area contributed by atoms with Gasteiger partial charge in [-0.25, -0.2) is 9.97 Å². The van der Waals surface area contributed by atoms with E-state index in [0.717, 1.165) is 59.9 Å². The number of carboxylic acids is 1. The summed E-state index contributed by atoms with van der Waals surface area (Å²) in [6.07, 6.45) is -0.0634.